The predicted octanol–water partition coefficient (Wildman–Crippen LogP) is 4.44. The van der Waals surface area contributed by atoms with Gasteiger partial charge >= 0.3 is 0 Å². The molecule has 0 unspecified atom stereocenters. The zero-order chi connectivity index (χ0) is 16.9. The van der Waals surface area contributed by atoms with Crippen LogP contribution >= 0.6 is 0 Å². The molecule has 128 valence electrons. The van der Waals surface area contributed by atoms with E-state index in [1.807, 2.05) is 6.07 Å². The Hall–Kier alpha value is -0.913. The van der Waals surface area contributed by atoms with E-state index in [1.165, 1.54) is 0 Å². The molecule has 1 spiro atoms. The highest BCUT2D eigenvalue weighted by molar-refractivity contribution is 6.74. The van der Waals surface area contributed by atoms with Crippen molar-refractivity contribution in [1.82, 2.24) is 4.98 Å². The topological polar surface area (TPSA) is 57.4 Å². The number of hydrogen-bond acceptors (Lipinski definition) is 4. The number of anilines is 1. The lowest BCUT2D eigenvalue weighted by atomic mass is 9.95. The molecule has 1 aromatic heterocycles. The fraction of sp³-hybridized carbons (Fsp3) is 0.722. The molecular formula is C18H30N2O2Si. The molecule has 0 aromatic carbocycles. The zero-order valence-corrected chi connectivity index (χ0v) is 16.1. The highest BCUT2D eigenvalue weighted by atomic mass is 28.4. The summed E-state index contributed by atoms with van der Waals surface area (Å²) in [6.07, 6.45) is 8.03. The molecule has 1 saturated carbocycles. The van der Waals surface area contributed by atoms with E-state index in [9.17, 15) is 0 Å². The Kier molecular flexibility index (Phi) is 4.10. The number of ether oxygens (including phenoxy) is 1. The third kappa shape index (κ3) is 3.46. The van der Waals surface area contributed by atoms with E-state index >= 15 is 0 Å². The maximum atomic E-state index is 6.71. The van der Waals surface area contributed by atoms with Gasteiger partial charge in [0.2, 0.25) is 0 Å². The van der Waals surface area contributed by atoms with Gasteiger partial charge in [-0.1, -0.05) is 20.8 Å². The van der Waals surface area contributed by atoms with E-state index in [2.05, 4.69) is 38.8 Å². The van der Waals surface area contributed by atoms with Crippen molar-refractivity contribution in [3.8, 4) is 0 Å². The number of hydrogen-bond donors (Lipinski definition) is 1. The van der Waals surface area contributed by atoms with Crippen molar-refractivity contribution in [2.24, 2.45) is 0 Å². The minimum absolute atomic E-state index is 0.0315. The maximum Gasteiger partial charge on any atom is 0.192 e. The van der Waals surface area contributed by atoms with Crippen LogP contribution in [0.15, 0.2) is 18.5 Å². The zero-order valence-electron chi connectivity index (χ0n) is 15.1. The largest absolute Gasteiger partial charge is 0.414 e. The first kappa shape index (κ1) is 16.9. The molecule has 0 radical (unpaired) electrons. The van der Waals surface area contributed by atoms with Crippen molar-refractivity contribution in [2.45, 2.75) is 82.4 Å². The van der Waals surface area contributed by atoms with Gasteiger partial charge in [0.05, 0.1) is 29.7 Å². The van der Waals surface area contributed by atoms with E-state index in [1.54, 1.807) is 12.4 Å². The standard InChI is InChI=1S/C18H30N2O2Si/c1-17(2,3)23(4,5)22-13-10-16(21-18(11-13)7-8-18)14-6-9-20-12-15(14)19/h6,9,12-13,16H,7-8,10-11,19H2,1-5H3/t13-,16-/m1/s1. The van der Waals surface area contributed by atoms with Crippen molar-refractivity contribution in [3.05, 3.63) is 24.0 Å². The summed E-state index contributed by atoms with van der Waals surface area (Å²) in [7, 11) is -1.77. The van der Waals surface area contributed by atoms with Crippen LogP contribution in [-0.2, 0) is 9.16 Å². The number of pyridine rings is 1. The summed E-state index contributed by atoms with van der Waals surface area (Å²) < 4.78 is 13.1. The maximum absolute atomic E-state index is 6.71. The van der Waals surface area contributed by atoms with Crippen LogP contribution in [0.3, 0.4) is 0 Å². The van der Waals surface area contributed by atoms with Gasteiger partial charge in [0.1, 0.15) is 0 Å². The van der Waals surface area contributed by atoms with Gasteiger partial charge in [-0.3, -0.25) is 4.98 Å². The highest BCUT2D eigenvalue weighted by Gasteiger charge is 2.52. The molecule has 2 atom stereocenters. The average molecular weight is 335 g/mol. The molecule has 2 heterocycles. The normalized spacial score (nSPS) is 27.2. The molecule has 23 heavy (non-hydrogen) atoms. The number of nitrogens with two attached hydrogens (primary N) is 1. The second-order valence-electron chi connectivity index (χ2n) is 8.73. The van der Waals surface area contributed by atoms with Gasteiger partial charge in [0.15, 0.2) is 8.32 Å². The molecule has 3 rings (SSSR count). The Morgan fingerprint density at radius 3 is 2.61 bits per heavy atom. The molecule has 2 fully saturated rings. The lowest BCUT2D eigenvalue weighted by Gasteiger charge is -2.43. The van der Waals surface area contributed by atoms with Crippen LogP contribution in [0, 0.1) is 0 Å². The van der Waals surface area contributed by atoms with Crippen LogP contribution < -0.4 is 5.73 Å². The van der Waals surface area contributed by atoms with Gasteiger partial charge in [0.25, 0.3) is 0 Å². The summed E-state index contributed by atoms with van der Waals surface area (Å²) in [4.78, 5) is 4.10. The lowest BCUT2D eigenvalue weighted by Crippen LogP contribution is -2.47. The van der Waals surface area contributed by atoms with Gasteiger partial charge in [-0.2, -0.15) is 0 Å². The molecule has 1 aliphatic carbocycles. The smallest absolute Gasteiger partial charge is 0.192 e. The molecular weight excluding hydrogens is 304 g/mol. The lowest BCUT2D eigenvalue weighted by molar-refractivity contribution is -0.109. The monoisotopic (exact) mass is 334 g/mol. The molecule has 0 amide bonds. The Morgan fingerprint density at radius 1 is 1.35 bits per heavy atom. The fourth-order valence-corrected chi connectivity index (χ4v) is 4.55. The Bertz CT molecular complexity index is 579. The number of aromatic nitrogens is 1. The third-order valence-electron chi connectivity index (χ3n) is 5.78. The minimum Gasteiger partial charge on any atom is -0.414 e. The third-order valence-corrected chi connectivity index (χ3v) is 10.3. The molecule has 1 saturated heterocycles. The number of nitrogen functional groups attached to an aromatic ring is 1. The van der Waals surface area contributed by atoms with Crippen molar-refractivity contribution >= 4 is 14.0 Å². The van der Waals surface area contributed by atoms with Crippen LogP contribution in [0.1, 0.15) is 58.1 Å². The average Bonchev–Trinajstić information content (AvgIpc) is 3.15. The van der Waals surface area contributed by atoms with Gasteiger partial charge in [0, 0.05) is 24.6 Å². The van der Waals surface area contributed by atoms with Crippen LogP contribution in [-0.4, -0.2) is 25.0 Å². The van der Waals surface area contributed by atoms with Gasteiger partial charge in [-0.05, 0) is 37.0 Å². The summed E-state index contributed by atoms with van der Waals surface area (Å²) in [5.41, 5.74) is 7.95. The molecule has 4 nitrogen and oxygen atoms in total. The summed E-state index contributed by atoms with van der Waals surface area (Å²) in [5, 5.41) is 0.229. The first-order chi connectivity index (χ1) is 10.6. The predicted molar refractivity (Wildman–Crippen MR) is 95.7 cm³/mol. The summed E-state index contributed by atoms with van der Waals surface area (Å²) in [5.74, 6) is 0. The second-order valence-corrected chi connectivity index (χ2v) is 13.5. The highest BCUT2D eigenvalue weighted by Crippen LogP contribution is 2.53. The molecule has 1 aromatic rings. The summed E-state index contributed by atoms with van der Waals surface area (Å²) in [6, 6.07) is 1.99. The van der Waals surface area contributed by atoms with Gasteiger partial charge < -0.3 is 14.9 Å². The van der Waals surface area contributed by atoms with E-state index in [0.717, 1.165) is 36.9 Å². The van der Waals surface area contributed by atoms with Crippen LogP contribution in [0.4, 0.5) is 5.69 Å². The molecule has 1 aliphatic heterocycles. The van der Waals surface area contributed by atoms with E-state index in [0.29, 0.717) is 0 Å². The molecule has 0 bridgehead atoms. The van der Waals surface area contributed by atoms with Crippen molar-refractivity contribution < 1.29 is 9.16 Å². The van der Waals surface area contributed by atoms with Gasteiger partial charge in [-0.15, -0.1) is 0 Å². The first-order valence-corrected chi connectivity index (χ1v) is 11.6. The molecule has 5 heteroatoms. The van der Waals surface area contributed by atoms with Crippen LogP contribution in [0.2, 0.25) is 18.1 Å². The van der Waals surface area contributed by atoms with Crippen LogP contribution in [0.25, 0.3) is 0 Å². The SMILES string of the molecule is CC(C)(C)[Si](C)(C)O[C@@H]1C[C@H](c2ccncc2N)OC2(CC2)C1. The minimum atomic E-state index is -1.77. The first-order valence-electron chi connectivity index (χ1n) is 8.67. The Balaban J connectivity index is 1.79. The van der Waals surface area contributed by atoms with Crippen LogP contribution in [0.5, 0.6) is 0 Å². The molecule has 2 aliphatic rings. The number of nitrogens with zero attached hydrogens (tertiary/aromatic N) is 1. The second kappa shape index (κ2) is 5.57. The van der Waals surface area contributed by atoms with E-state index in [4.69, 9.17) is 14.9 Å². The van der Waals surface area contributed by atoms with Crippen molar-refractivity contribution in [2.75, 3.05) is 5.73 Å². The fourth-order valence-electron chi connectivity index (χ4n) is 3.18. The van der Waals surface area contributed by atoms with Gasteiger partial charge in [-0.25, -0.2) is 0 Å². The Morgan fingerprint density at radius 2 is 2.04 bits per heavy atom. The Labute approximate surface area is 140 Å². The van der Waals surface area contributed by atoms with E-state index < -0.39 is 8.32 Å². The number of rotatable bonds is 3. The van der Waals surface area contributed by atoms with E-state index in [-0.39, 0.29) is 22.8 Å². The van der Waals surface area contributed by atoms with Crippen molar-refractivity contribution in [1.29, 1.82) is 0 Å². The summed E-state index contributed by atoms with van der Waals surface area (Å²) in [6.45, 7) is 11.5. The quantitative estimate of drug-likeness (QED) is 0.830. The molecule has 2 N–H and O–H groups in total. The van der Waals surface area contributed by atoms with Crippen molar-refractivity contribution in [3.63, 3.8) is 0 Å². The summed E-state index contributed by atoms with van der Waals surface area (Å²) >= 11 is 0.